The summed E-state index contributed by atoms with van der Waals surface area (Å²) >= 11 is 0. The van der Waals surface area contributed by atoms with Crippen molar-refractivity contribution in [1.29, 1.82) is 0 Å². The molecular formula is C13H14F2O3. The van der Waals surface area contributed by atoms with Gasteiger partial charge in [-0.15, -0.1) is 0 Å². The molecule has 3 nitrogen and oxygen atoms in total. The average Bonchev–Trinajstić information content (AvgIpc) is 2.30. The molecule has 1 unspecified atom stereocenters. The highest BCUT2D eigenvalue weighted by Gasteiger charge is 2.27. The number of ether oxygens (including phenoxy) is 2. The molecule has 98 valence electrons. The number of rotatable bonds is 3. The van der Waals surface area contributed by atoms with Crippen molar-refractivity contribution < 1.29 is 23.0 Å². The minimum Gasteiger partial charge on any atom is -0.486 e. The molecule has 5 heteroatoms. The molecular weight excluding hydrogens is 242 g/mol. The highest BCUT2D eigenvalue weighted by molar-refractivity contribution is 5.94. The van der Waals surface area contributed by atoms with Crippen LogP contribution in [0.2, 0.25) is 0 Å². The van der Waals surface area contributed by atoms with Crippen LogP contribution in [0.3, 0.4) is 0 Å². The van der Waals surface area contributed by atoms with Gasteiger partial charge >= 0.3 is 6.04 Å². The van der Waals surface area contributed by atoms with Gasteiger partial charge in [0.05, 0.1) is 6.10 Å². The smallest absolute Gasteiger partial charge is 0.336 e. The molecule has 0 aromatic heterocycles. The van der Waals surface area contributed by atoms with E-state index in [1.54, 1.807) is 13.0 Å². The Balaban J connectivity index is 2.61. The largest absolute Gasteiger partial charge is 0.486 e. The zero-order valence-corrected chi connectivity index (χ0v) is 10.3. The van der Waals surface area contributed by atoms with Gasteiger partial charge in [0.25, 0.3) is 0 Å². The van der Waals surface area contributed by atoms with E-state index in [4.69, 9.17) is 9.47 Å². The number of aryl methyl sites for hydroxylation is 2. The van der Waals surface area contributed by atoms with Crippen molar-refractivity contribution in [3.8, 4) is 11.5 Å². The molecule has 0 saturated heterocycles. The summed E-state index contributed by atoms with van der Waals surface area (Å²) in [6.07, 6.45) is 1.50. The summed E-state index contributed by atoms with van der Waals surface area (Å²) in [5.41, 5.74) is 1.00. The van der Waals surface area contributed by atoms with E-state index < -0.39 is 12.9 Å². The minimum absolute atomic E-state index is 0.0651. The summed E-state index contributed by atoms with van der Waals surface area (Å²) in [6, 6.07) is 0.0552. The SMILES string of the molecule is Cc1cc2c(c(OCF)c1C(=O)F)OC(C)CC2. The average molecular weight is 256 g/mol. The van der Waals surface area contributed by atoms with E-state index >= 15 is 0 Å². The van der Waals surface area contributed by atoms with Crippen LogP contribution >= 0.6 is 0 Å². The van der Waals surface area contributed by atoms with Gasteiger partial charge in [-0.2, -0.15) is 4.39 Å². The maximum absolute atomic E-state index is 13.0. The number of carbonyl (C=O) groups excluding carboxylic acids is 1. The van der Waals surface area contributed by atoms with Crippen LogP contribution in [0.4, 0.5) is 8.78 Å². The van der Waals surface area contributed by atoms with E-state index in [0.29, 0.717) is 5.56 Å². The molecule has 1 heterocycles. The third-order valence-electron chi connectivity index (χ3n) is 3.04. The minimum atomic E-state index is -1.64. The number of fused-ring (bicyclic) bond motifs is 1. The summed E-state index contributed by atoms with van der Waals surface area (Å²) in [4.78, 5) is 11.0. The van der Waals surface area contributed by atoms with Gasteiger partial charge in [-0.1, -0.05) is 6.07 Å². The normalized spacial score (nSPS) is 17.9. The molecule has 0 amide bonds. The van der Waals surface area contributed by atoms with Crippen molar-refractivity contribution in [2.24, 2.45) is 0 Å². The van der Waals surface area contributed by atoms with Gasteiger partial charge in [0.1, 0.15) is 5.56 Å². The summed E-state index contributed by atoms with van der Waals surface area (Å²) < 4.78 is 35.8. The first-order chi connectivity index (χ1) is 8.54. The number of alkyl halides is 1. The van der Waals surface area contributed by atoms with Crippen molar-refractivity contribution in [3.63, 3.8) is 0 Å². The third kappa shape index (κ3) is 2.17. The van der Waals surface area contributed by atoms with Crippen LogP contribution in [0.1, 0.15) is 34.8 Å². The van der Waals surface area contributed by atoms with E-state index in [9.17, 15) is 13.6 Å². The van der Waals surface area contributed by atoms with Crippen LogP contribution < -0.4 is 9.47 Å². The number of halogens is 2. The molecule has 0 radical (unpaired) electrons. The second kappa shape index (κ2) is 4.92. The van der Waals surface area contributed by atoms with Crippen molar-refractivity contribution >= 4 is 6.04 Å². The van der Waals surface area contributed by atoms with E-state index in [-0.39, 0.29) is 23.2 Å². The van der Waals surface area contributed by atoms with Gasteiger partial charge < -0.3 is 9.47 Å². The molecule has 0 saturated carbocycles. The Labute approximate surface area is 104 Å². The lowest BCUT2D eigenvalue weighted by atomic mass is 9.96. The van der Waals surface area contributed by atoms with Crippen LogP contribution in [0, 0.1) is 6.92 Å². The van der Waals surface area contributed by atoms with E-state index in [0.717, 1.165) is 18.4 Å². The molecule has 0 aliphatic carbocycles. The van der Waals surface area contributed by atoms with Gasteiger partial charge in [-0.05, 0) is 37.8 Å². The summed E-state index contributed by atoms with van der Waals surface area (Å²) in [5, 5.41) is 0. The highest BCUT2D eigenvalue weighted by Crippen LogP contribution is 2.41. The molecule has 1 aliphatic rings. The second-order valence-corrected chi connectivity index (χ2v) is 4.38. The van der Waals surface area contributed by atoms with Gasteiger partial charge in [0, 0.05) is 0 Å². The van der Waals surface area contributed by atoms with Crippen LogP contribution in [0.25, 0.3) is 0 Å². The molecule has 0 fully saturated rings. The van der Waals surface area contributed by atoms with E-state index in [1.807, 2.05) is 6.92 Å². The molecule has 18 heavy (non-hydrogen) atoms. The lowest BCUT2D eigenvalue weighted by Crippen LogP contribution is -2.21. The first-order valence-corrected chi connectivity index (χ1v) is 5.76. The van der Waals surface area contributed by atoms with Gasteiger partial charge in [0.2, 0.25) is 6.86 Å². The Bertz CT molecular complexity index is 486. The van der Waals surface area contributed by atoms with Crippen molar-refractivity contribution in [2.45, 2.75) is 32.8 Å². The fourth-order valence-electron chi connectivity index (χ4n) is 2.21. The predicted molar refractivity (Wildman–Crippen MR) is 61.6 cm³/mol. The molecule has 0 spiro atoms. The molecule has 0 N–H and O–H groups in total. The summed E-state index contributed by atoms with van der Waals surface area (Å²) in [6.45, 7) is 2.32. The molecule has 1 aromatic carbocycles. The molecule has 1 aromatic rings. The fourth-order valence-corrected chi connectivity index (χ4v) is 2.21. The van der Waals surface area contributed by atoms with Gasteiger partial charge in [-0.25, -0.2) is 4.39 Å². The summed E-state index contributed by atoms with van der Waals surface area (Å²) in [7, 11) is 0. The molecule has 0 bridgehead atoms. The zero-order chi connectivity index (χ0) is 13.3. The van der Waals surface area contributed by atoms with Crippen LogP contribution in [0.15, 0.2) is 6.07 Å². The van der Waals surface area contributed by atoms with Crippen LogP contribution in [-0.4, -0.2) is 19.0 Å². The Morgan fingerprint density at radius 1 is 1.61 bits per heavy atom. The van der Waals surface area contributed by atoms with Crippen molar-refractivity contribution in [3.05, 3.63) is 22.8 Å². The third-order valence-corrected chi connectivity index (χ3v) is 3.04. The lowest BCUT2D eigenvalue weighted by molar-refractivity contribution is 0.0823. The van der Waals surface area contributed by atoms with Crippen molar-refractivity contribution in [2.75, 3.05) is 6.86 Å². The first-order valence-electron chi connectivity index (χ1n) is 5.76. The number of carbonyl (C=O) groups is 1. The molecule has 2 rings (SSSR count). The number of hydrogen-bond acceptors (Lipinski definition) is 3. The Morgan fingerprint density at radius 2 is 2.33 bits per heavy atom. The predicted octanol–water partition coefficient (Wildman–Crippen LogP) is 3.12. The van der Waals surface area contributed by atoms with Crippen LogP contribution in [-0.2, 0) is 6.42 Å². The second-order valence-electron chi connectivity index (χ2n) is 4.38. The Hall–Kier alpha value is -1.65. The van der Waals surface area contributed by atoms with Crippen LogP contribution in [0.5, 0.6) is 11.5 Å². The first kappa shape index (κ1) is 12.8. The Kier molecular flexibility index (Phi) is 3.50. The van der Waals surface area contributed by atoms with E-state index in [2.05, 4.69) is 0 Å². The standard InChI is InChI=1S/C13H14F2O3/c1-7-5-9-4-3-8(2)18-11(9)12(17-6-14)10(7)13(15)16/h5,8H,3-4,6H2,1-2H3. The maximum Gasteiger partial charge on any atom is 0.336 e. The van der Waals surface area contributed by atoms with Crippen molar-refractivity contribution in [1.82, 2.24) is 0 Å². The van der Waals surface area contributed by atoms with Gasteiger partial charge in [0.15, 0.2) is 11.5 Å². The number of benzene rings is 1. The topological polar surface area (TPSA) is 35.5 Å². The number of hydrogen-bond donors (Lipinski definition) is 0. The van der Waals surface area contributed by atoms with Gasteiger partial charge in [-0.3, -0.25) is 4.79 Å². The monoisotopic (exact) mass is 256 g/mol. The maximum atomic E-state index is 13.0. The molecule has 1 atom stereocenters. The van der Waals surface area contributed by atoms with E-state index in [1.165, 1.54) is 0 Å². The molecule has 1 aliphatic heterocycles. The quantitative estimate of drug-likeness (QED) is 0.779. The fraction of sp³-hybridized carbons (Fsp3) is 0.462. The Morgan fingerprint density at radius 3 is 2.94 bits per heavy atom. The lowest BCUT2D eigenvalue weighted by Gasteiger charge is -2.26. The zero-order valence-electron chi connectivity index (χ0n) is 10.3. The highest BCUT2D eigenvalue weighted by atomic mass is 19.1. The summed E-state index contributed by atoms with van der Waals surface area (Å²) in [5.74, 6) is 0.171.